The molecule has 2 aromatic rings. The van der Waals surface area contributed by atoms with Gasteiger partial charge in [0.25, 0.3) is 5.91 Å². The van der Waals surface area contributed by atoms with Gasteiger partial charge in [-0.25, -0.2) is 4.98 Å². The minimum atomic E-state index is -0.00326. The maximum atomic E-state index is 12.4. The van der Waals surface area contributed by atoms with E-state index in [9.17, 15) is 4.79 Å². The van der Waals surface area contributed by atoms with E-state index < -0.39 is 0 Å². The number of carbonyl (C=O) groups excluding carboxylic acids is 1. The predicted molar refractivity (Wildman–Crippen MR) is 99.2 cm³/mol. The van der Waals surface area contributed by atoms with Gasteiger partial charge in [0.2, 0.25) is 0 Å². The van der Waals surface area contributed by atoms with Crippen LogP contribution in [0.1, 0.15) is 21.1 Å². The summed E-state index contributed by atoms with van der Waals surface area (Å²) in [6.45, 7) is 10.4. The molecule has 0 saturated carbocycles. The van der Waals surface area contributed by atoms with Gasteiger partial charge in [0.1, 0.15) is 0 Å². The first-order valence-electron chi connectivity index (χ1n) is 7.29. The highest BCUT2D eigenvalue weighted by atomic mass is 32.2. The molecule has 0 aliphatic carbocycles. The van der Waals surface area contributed by atoms with Crippen molar-refractivity contribution >= 4 is 29.0 Å². The van der Waals surface area contributed by atoms with Crippen LogP contribution in [0.4, 0.5) is 0 Å². The standard InChI is InChI=1S/C18H20N2OS2/c1-4-10-20(11-5-2)18(21)15-6-8-17(9-7-15)23-13-16-12-22-14(3)19-16/h4-9,12H,1-2,10-11,13H2,3H3. The quantitative estimate of drug-likeness (QED) is 0.520. The molecule has 0 bridgehead atoms. The lowest BCUT2D eigenvalue weighted by molar-refractivity contribution is 0.0791. The van der Waals surface area contributed by atoms with Gasteiger partial charge in [0, 0.05) is 34.7 Å². The topological polar surface area (TPSA) is 33.2 Å². The molecule has 2 rings (SSSR count). The minimum Gasteiger partial charge on any atom is -0.331 e. The maximum Gasteiger partial charge on any atom is 0.254 e. The van der Waals surface area contributed by atoms with E-state index in [1.54, 1.807) is 40.2 Å². The Hall–Kier alpha value is -1.85. The van der Waals surface area contributed by atoms with Crippen LogP contribution in [-0.2, 0) is 5.75 Å². The average Bonchev–Trinajstić information content (AvgIpc) is 2.98. The third kappa shape index (κ3) is 5.08. The fourth-order valence-electron chi connectivity index (χ4n) is 2.06. The molecular formula is C18H20N2OS2. The number of aryl methyl sites for hydroxylation is 1. The number of hydrogen-bond donors (Lipinski definition) is 0. The Kier molecular flexibility index (Phi) is 6.62. The van der Waals surface area contributed by atoms with Crippen molar-refractivity contribution in [2.75, 3.05) is 13.1 Å². The summed E-state index contributed by atoms with van der Waals surface area (Å²) in [5.41, 5.74) is 1.78. The highest BCUT2D eigenvalue weighted by Crippen LogP contribution is 2.24. The zero-order chi connectivity index (χ0) is 16.7. The van der Waals surface area contributed by atoms with Gasteiger partial charge in [0.15, 0.2) is 0 Å². The number of thioether (sulfide) groups is 1. The zero-order valence-electron chi connectivity index (χ0n) is 13.2. The van der Waals surface area contributed by atoms with Crippen molar-refractivity contribution < 1.29 is 4.79 Å². The van der Waals surface area contributed by atoms with E-state index in [1.165, 1.54) is 0 Å². The van der Waals surface area contributed by atoms with Crippen LogP contribution in [0.25, 0.3) is 0 Å². The van der Waals surface area contributed by atoms with Crippen molar-refractivity contribution in [3.05, 3.63) is 71.2 Å². The molecule has 5 heteroatoms. The molecular weight excluding hydrogens is 324 g/mol. The van der Waals surface area contributed by atoms with E-state index in [1.807, 2.05) is 31.2 Å². The van der Waals surface area contributed by atoms with Crippen molar-refractivity contribution in [3.8, 4) is 0 Å². The van der Waals surface area contributed by atoms with Gasteiger partial charge in [-0.15, -0.1) is 36.3 Å². The number of amides is 1. The van der Waals surface area contributed by atoms with Crippen molar-refractivity contribution in [1.29, 1.82) is 0 Å². The Morgan fingerprint density at radius 1 is 1.26 bits per heavy atom. The zero-order valence-corrected chi connectivity index (χ0v) is 14.8. The number of hydrogen-bond acceptors (Lipinski definition) is 4. The number of thiazole rings is 1. The van der Waals surface area contributed by atoms with Crippen LogP contribution in [0.5, 0.6) is 0 Å². The molecule has 120 valence electrons. The number of aromatic nitrogens is 1. The first kappa shape index (κ1) is 17.5. The number of carbonyl (C=O) groups is 1. The van der Waals surface area contributed by atoms with Crippen LogP contribution in [0, 0.1) is 6.92 Å². The Balaban J connectivity index is 1.98. The third-order valence-corrected chi connectivity index (χ3v) is 5.01. The van der Waals surface area contributed by atoms with E-state index in [4.69, 9.17) is 0 Å². The summed E-state index contributed by atoms with van der Waals surface area (Å²) in [6, 6.07) is 7.71. The van der Waals surface area contributed by atoms with Gasteiger partial charge in [-0.2, -0.15) is 0 Å². The Morgan fingerprint density at radius 3 is 2.43 bits per heavy atom. The number of rotatable bonds is 8. The summed E-state index contributed by atoms with van der Waals surface area (Å²) in [5.74, 6) is 0.841. The Morgan fingerprint density at radius 2 is 1.91 bits per heavy atom. The number of nitrogens with zero attached hydrogens (tertiary/aromatic N) is 2. The molecule has 0 spiro atoms. The van der Waals surface area contributed by atoms with E-state index in [2.05, 4.69) is 23.5 Å². The van der Waals surface area contributed by atoms with Gasteiger partial charge in [0.05, 0.1) is 10.7 Å². The monoisotopic (exact) mass is 344 g/mol. The highest BCUT2D eigenvalue weighted by Gasteiger charge is 2.13. The fraction of sp³-hybridized carbons (Fsp3) is 0.222. The second kappa shape index (κ2) is 8.70. The minimum absolute atomic E-state index is 0.00326. The first-order valence-corrected chi connectivity index (χ1v) is 9.15. The lowest BCUT2D eigenvalue weighted by Crippen LogP contribution is -2.31. The van der Waals surface area contributed by atoms with Gasteiger partial charge in [-0.3, -0.25) is 4.79 Å². The summed E-state index contributed by atoms with van der Waals surface area (Å²) in [5, 5.41) is 3.17. The Bertz CT molecular complexity index is 667. The van der Waals surface area contributed by atoms with Gasteiger partial charge >= 0.3 is 0 Å². The van der Waals surface area contributed by atoms with E-state index in [-0.39, 0.29) is 5.91 Å². The van der Waals surface area contributed by atoms with E-state index >= 15 is 0 Å². The van der Waals surface area contributed by atoms with Crippen LogP contribution in [-0.4, -0.2) is 28.9 Å². The van der Waals surface area contributed by atoms with Gasteiger partial charge in [-0.1, -0.05) is 12.2 Å². The van der Waals surface area contributed by atoms with Crippen LogP contribution in [0.3, 0.4) is 0 Å². The average molecular weight is 345 g/mol. The summed E-state index contributed by atoms with van der Waals surface area (Å²) in [6.07, 6.45) is 3.45. The molecule has 1 heterocycles. The lowest BCUT2D eigenvalue weighted by Gasteiger charge is -2.19. The molecule has 0 radical (unpaired) electrons. The molecule has 23 heavy (non-hydrogen) atoms. The van der Waals surface area contributed by atoms with Crippen LogP contribution in [0.2, 0.25) is 0 Å². The third-order valence-electron chi connectivity index (χ3n) is 3.14. The van der Waals surface area contributed by atoms with Crippen molar-refractivity contribution in [1.82, 2.24) is 9.88 Å². The molecule has 3 nitrogen and oxygen atoms in total. The largest absolute Gasteiger partial charge is 0.331 e. The van der Waals surface area contributed by atoms with Gasteiger partial charge < -0.3 is 4.90 Å². The molecule has 1 amide bonds. The van der Waals surface area contributed by atoms with Crippen LogP contribution >= 0.6 is 23.1 Å². The number of benzene rings is 1. The fourth-order valence-corrected chi connectivity index (χ4v) is 3.57. The van der Waals surface area contributed by atoms with Crippen molar-refractivity contribution in [2.24, 2.45) is 0 Å². The maximum absolute atomic E-state index is 12.4. The molecule has 1 aromatic heterocycles. The highest BCUT2D eigenvalue weighted by molar-refractivity contribution is 7.98. The second-order valence-electron chi connectivity index (χ2n) is 4.96. The molecule has 0 unspecified atom stereocenters. The van der Waals surface area contributed by atoms with Crippen molar-refractivity contribution in [3.63, 3.8) is 0 Å². The molecule has 0 saturated heterocycles. The first-order chi connectivity index (χ1) is 11.1. The molecule has 0 atom stereocenters. The lowest BCUT2D eigenvalue weighted by atomic mass is 10.2. The van der Waals surface area contributed by atoms with Gasteiger partial charge in [-0.05, 0) is 31.2 Å². The molecule has 0 aliphatic rings. The molecule has 1 aromatic carbocycles. The summed E-state index contributed by atoms with van der Waals surface area (Å²) < 4.78 is 0. The normalized spacial score (nSPS) is 10.3. The van der Waals surface area contributed by atoms with Crippen LogP contribution in [0.15, 0.2) is 59.9 Å². The molecule has 0 N–H and O–H groups in total. The Labute approximate surface area is 145 Å². The second-order valence-corrected chi connectivity index (χ2v) is 7.07. The summed E-state index contributed by atoms with van der Waals surface area (Å²) in [7, 11) is 0. The predicted octanol–water partition coefficient (Wildman–Crippen LogP) is 4.56. The summed E-state index contributed by atoms with van der Waals surface area (Å²) >= 11 is 3.39. The van der Waals surface area contributed by atoms with E-state index in [0.29, 0.717) is 18.7 Å². The van der Waals surface area contributed by atoms with E-state index in [0.717, 1.165) is 21.3 Å². The van der Waals surface area contributed by atoms with Crippen LogP contribution < -0.4 is 0 Å². The molecule has 0 fully saturated rings. The van der Waals surface area contributed by atoms with Crippen molar-refractivity contribution in [2.45, 2.75) is 17.6 Å². The summed E-state index contributed by atoms with van der Waals surface area (Å²) in [4.78, 5) is 19.7. The smallest absolute Gasteiger partial charge is 0.254 e. The molecule has 0 aliphatic heterocycles. The SMILES string of the molecule is C=CCN(CC=C)C(=O)c1ccc(SCc2csc(C)n2)cc1.